The minimum Gasteiger partial charge on any atom is -0.398 e. The fourth-order valence-corrected chi connectivity index (χ4v) is 2.73. The number of ketones is 2. The quantitative estimate of drug-likeness (QED) is 0.305. The van der Waals surface area contributed by atoms with E-state index in [0.717, 1.165) is 0 Å². The molecule has 0 saturated carbocycles. The van der Waals surface area contributed by atoms with E-state index in [1.165, 1.54) is 18.2 Å². The Kier molecular flexibility index (Phi) is 3.94. The van der Waals surface area contributed by atoms with Gasteiger partial charge in [-0.3, -0.25) is 14.4 Å². The van der Waals surface area contributed by atoms with Gasteiger partial charge in [-0.25, -0.2) is 4.99 Å². The van der Waals surface area contributed by atoms with Crippen molar-refractivity contribution < 1.29 is 14.4 Å². The number of aliphatic imine (C=N–C) groups is 1. The molecule has 1 aliphatic carbocycles. The van der Waals surface area contributed by atoms with Crippen molar-refractivity contribution in [1.29, 1.82) is 0 Å². The van der Waals surface area contributed by atoms with Crippen molar-refractivity contribution in [2.45, 2.75) is 0 Å². The molecule has 0 heterocycles. The molecular formula is C17H15N5O3. The number of rotatable bonds is 3. The predicted octanol–water partition coefficient (Wildman–Crippen LogP) is 0.256. The van der Waals surface area contributed by atoms with E-state index in [9.17, 15) is 14.4 Å². The third-order valence-corrected chi connectivity index (χ3v) is 3.78. The number of fused-ring (bicyclic) bond motifs is 2. The summed E-state index contributed by atoms with van der Waals surface area (Å²) in [6.07, 6.45) is 0. The van der Waals surface area contributed by atoms with Crippen LogP contribution in [0.4, 0.5) is 11.4 Å². The van der Waals surface area contributed by atoms with Crippen molar-refractivity contribution in [3.05, 3.63) is 58.7 Å². The maximum Gasteiger partial charge on any atom is 0.246 e. The summed E-state index contributed by atoms with van der Waals surface area (Å²) in [4.78, 5) is 41.1. The predicted molar refractivity (Wildman–Crippen MR) is 93.5 cm³/mol. The average Bonchev–Trinajstić information content (AvgIpc) is 2.57. The second-order valence-corrected chi connectivity index (χ2v) is 5.45. The van der Waals surface area contributed by atoms with Crippen LogP contribution in [0, 0.1) is 0 Å². The van der Waals surface area contributed by atoms with Crippen molar-refractivity contribution in [3.63, 3.8) is 0 Å². The van der Waals surface area contributed by atoms with E-state index in [2.05, 4.69) is 10.3 Å². The van der Waals surface area contributed by atoms with Gasteiger partial charge in [0.25, 0.3) is 0 Å². The molecule has 0 unspecified atom stereocenters. The second kappa shape index (κ2) is 6.08. The molecule has 2 aromatic carbocycles. The average molecular weight is 337 g/mol. The Morgan fingerprint density at radius 3 is 2.24 bits per heavy atom. The van der Waals surface area contributed by atoms with Gasteiger partial charge < -0.3 is 22.5 Å². The van der Waals surface area contributed by atoms with Crippen molar-refractivity contribution in [3.8, 4) is 0 Å². The number of nitrogens with zero attached hydrogens (tertiary/aromatic N) is 1. The molecule has 25 heavy (non-hydrogen) atoms. The van der Waals surface area contributed by atoms with E-state index in [-0.39, 0.29) is 57.7 Å². The van der Waals surface area contributed by atoms with Gasteiger partial charge >= 0.3 is 0 Å². The first-order valence-corrected chi connectivity index (χ1v) is 7.36. The number of carbonyl (C=O) groups is 3. The van der Waals surface area contributed by atoms with Crippen LogP contribution in [0.3, 0.4) is 0 Å². The van der Waals surface area contributed by atoms with Crippen LogP contribution in [0.25, 0.3) is 0 Å². The van der Waals surface area contributed by atoms with Gasteiger partial charge in [0.15, 0.2) is 17.5 Å². The van der Waals surface area contributed by atoms with Crippen LogP contribution in [-0.4, -0.2) is 30.0 Å². The lowest BCUT2D eigenvalue weighted by molar-refractivity contribution is -0.114. The fourth-order valence-electron chi connectivity index (χ4n) is 2.73. The van der Waals surface area contributed by atoms with Crippen molar-refractivity contribution >= 4 is 34.8 Å². The van der Waals surface area contributed by atoms with E-state index in [4.69, 9.17) is 17.2 Å². The molecule has 0 aliphatic heterocycles. The topological polar surface area (TPSA) is 154 Å². The SMILES string of the molecule is NC(N)=NCC(=O)Nc1cccc2c1C(=O)c1cccc(N)c1C2=O. The molecule has 0 saturated heterocycles. The van der Waals surface area contributed by atoms with Crippen molar-refractivity contribution in [2.75, 3.05) is 17.6 Å². The molecule has 8 nitrogen and oxygen atoms in total. The minimum absolute atomic E-state index is 0.128. The third-order valence-electron chi connectivity index (χ3n) is 3.78. The lowest BCUT2D eigenvalue weighted by Crippen LogP contribution is -2.27. The van der Waals surface area contributed by atoms with Gasteiger partial charge in [-0.1, -0.05) is 24.3 Å². The molecule has 8 heteroatoms. The molecule has 0 spiro atoms. The zero-order valence-electron chi connectivity index (χ0n) is 13.1. The molecule has 0 radical (unpaired) electrons. The second-order valence-electron chi connectivity index (χ2n) is 5.45. The van der Waals surface area contributed by atoms with Crippen LogP contribution in [0.5, 0.6) is 0 Å². The normalized spacial score (nSPS) is 12.2. The first-order chi connectivity index (χ1) is 11.9. The van der Waals surface area contributed by atoms with Crippen LogP contribution in [-0.2, 0) is 4.79 Å². The van der Waals surface area contributed by atoms with Gasteiger partial charge in [-0.15, -0.1) is 0 Å². The number of hydrogen-bond acceptors (Lipinski definition) is 5. The Morgan fingerprint density at radius 1 is 0.960 bits per heavy atom. The van der Waals surface area contributed by atoms with Crippen LogP contribution < -0.4 is 22.5 Å². The number of nitrogens with two attached hydrogens (primary N) is 3. The molecular weight excluding hydrogens is 322 g/mol. The molecule has 126 valence electrons. The summed E-state index contributed by atoms with van der Waals surface area (Å²) < 4.78 is 0. The van der Waals surface area contributed by atoms with Crippen LogP contribution in [0.1, 0.15) is 31.8 Å². The molecule has 1 aliphatic rings. The number of guanidine groups is 1. The van der Waals surface area contributed by atoms with E-state index in [1.54, 1.807) is 18.2 Å². The Labute approximate surface area is 142 Å². The molecule has 2 aromatic rings. The van der Waals surface area contributed by atoms with Crippen LogP contribution in [0.15, 0.2) is 41.4 Å². The first-order valence-electron chi connectivity index (χ1n) is 7.36. The molecule has 0 bridgehead atoms. The Hall–Kier alpha value is -3.68. The number of benzene rings is 2. The molecule has 0 aromatic heterocycles. The lowest BCUT2D eigenvalue weighted by Gasteiger charge is -2.21. The van der Waals surface area contributed by atoms with Gasteiger partial charge in [0.1, 0.15) is 6.54 Å². The lowest BCUT2D eigenvalue weighted by atomic mass is 9.82. The fraction of sp³-hybridized carbons (Fsp3) is 0.0588. The summed E-state index contributed by atoms with van der Waals surface area (Å²) >= 11 is 0. The highest BCUT2D eigenvalue weighted by molar-refractivity contribution is 6.32. The van der Waals surface area contributed by atoms with E-state index in [1.807, 2.05) is 0 Å². The van der Waals surface area contributed by atoms with Gasteiger partial charge in [0.2, 0.25) is 5.91 Å². The summed E-state index contributed by atoms with van der Waals surface area (Å²) in [6, 6.07) is 9.34. The monoisotopic (exact) mass is 337 g/mol. The van der Waals surface area contributed by atoms with E-state index >= 15 is 0 Å². The number of nitrogen functional groups attached to an aromatic ring is 1. The molecule has 0 atom stereocenters. The summed E-state index contributed by atoms with van der Waals surface area (Å²) in [5.41, 5.74) is 17.4. The summed E-state index contributed by atoms with van der Waals surface area (Å²) in [5.74, 6) is -1.47. The zero-order chi connectivity index (χ0) is 18.1. The minimum atomic E-state index is -0.513. The zero-order valence-corrected chi connectivity index (χ0v) is 13.1. The van der Waals surface area contributed by atoms with Gasteiger partial charge in [0.05, 0.1) is 16.8 Å². The smallest absolute Gasteiger partial charge is 0.246 e. The summed E-state index contributed by atoms with van der Waals surface area (Å²) in [5, 5.41) is 2.56. The van der Waals surface area contributed by atoms with E-state index < -0.39 is 5.91 Å². The number of amides is 1. The summed E-state index contributed by atoms with van der Waals surface area (Å²) in [7, 11) is 0. The highest BCUT2D eigenvalue weighted by Crippen LogP contribution is 2.34. The van der Waals surface area contributed by atoms with Crippen molar-refractivity contribution in [2.24, 2.45) is 16.5 Å². The summed E-state index contributed by atoms with van der Waals surface area (Å²) in [6.45, 7) is -0.294. The number of hydrogen-bond donors (Lipinski definition) is 4. The van der Waals surface area contributed by atoms with Gasteiger partial charge in [-0.05, 0) is 12.1 Å². The first kappa shape index (κ1) is 16.2. The third kappa shape index (κ3) is 2.80. The number of anilines is 2. The standard InChI is InChI=1S/C17H15N5O3/c18-10-5-1-3-8-13(10)15(24)9-4-2-6-11(14(9)16(8)25)22-12(23)7-21-17(19)20/h1-6H,7,18H2,(H,22,23)(H4,19,20,21). The molecule has 7 N–H and O–H groups in total. The molecule has 1 amide bonds. The van der Waals surface area contributed by atoms with Crippen LogP contribution >= 0.6 is 0 Å². The highest BCUT2D eigenvalue weighted by atomic mass is 16.2. The Balaban J connectivity index is 2.04. The largest absolute Gasteiger partial charge is 0.398 e. The molecule has 3 rings (SSSR count). The Morgan fingerprint density at radius 2 is 1.56 bits per heavy atom. The number of nitrogens with one attached hydrogen (secondary N) is 1. The van der Waals surface area contributed by atoms with Crippen LogP contribution in [0.2, 0.25) is 0 Å². The van der Waals surface area contributed by atoms with Crippen molar-refractivity contribution in [1.82, 2.24) is 0 Å². The maximum absolute atomic E-state index is 12.8. The highest BCUT2D eigenvalue weighted by Gasteiger charge is 2.33. The van der Waals surface area contributed by atoms with E-state index in [0.29, 0.717) is 0 Å². The number of carbonyl (C=O) groups excluding carboxylic acids is 3. The van der Waals surface area contributed by atoms with Gasteiger partial charge in [0, 0.05) is 16.8 Å². The Bertz CT molecular complexity index is 945. The maximum atomic E-state index is 12.8. The van der Waals surface area contributed by atoms with Gasteiger partial charge in [-0.2, -0.15) is 0 Å². The molecule has 0 fully saturated rings.